The highest BCUT2D eigenvalue weighted by molar-refractivity contribution is 7.15. The number of aliphatic hydroxyl groups is 1. The summed E-state index contributed by atoms with van der Waals surface area (Å²) in [7, 11) is 0. The van der Waals surface area contributed by atoms with Gasteiger partial charge in [-0.05, 0) is 37.8 Å². The van der Waals surface area contributed by atoms with Crippen LogP contribution in [0.3, 0.4) is 0 Å². The maximum atomic E-state index is 11.9. The average Bonchev–Trinajstić information content (AvgIpc) is 2.94. The van der Waals surface area contributed by atoms with Crippen molar-refractivity contribution in [2.75, 3.05) is 11.9 Å². The summed E-state index contributed by atoms with van der Waals surface area (Å²) < 4.78 is 0. The highest BCUT2D eigenvalue weighted by Crippen LogP contribution is 2.22. The van der Waals surface area contributed by atoms with Gasteiger partial charge in [-0.3, -0.25) is 5.32 Å². The van der Waals surface area contributed by atoms with Gasteiger partial charge in [-0.15, -0.1) is 11.3 Å². The maximum absolute atomic E-state index is 11.9. The standard InChI is InChI=1S/C17H23N3O2S/c1-12-6-3-4-8-14(12)10-15-11-18-17(23-15)20-16(22)19-13(2)7-5-9-21/h3-4,6,8,11,13,21H,5,7,9-10H2,1-2H3,(H2,18,19,20,22)/t13-/m1/s1. The van der Waals surface area contributed by atoms with E-state index in [1.807, 2.05) is 25.3 Å². The van der Waals surface area contributed by atoms with Gasteiger partial charge in [0.25, 0.3) is 0 Å². The number of amides is 2. The zero-order valence-corrected chi connectivity index (χ0v) is 14.3. The van der Waals surface area contributed by atoms with E-state index in [0.29, 0.717) is 11.6 Å². The SMILES string of the molecule is Cc1ccccc1Cc1cnc(NC(=O)N[C@H](C)CCCO)s1. The normalized spacial score (nSPS) is 12.0. The Hall–Kier alpha value is -1.92. The molecule has 2 rings (SSSR count). The number of aliphatic hydroxyl groups excluding tert-OH is 1. The Morgan fingerprint density at radius 2 is 2.17 bits per heavy atom. The number of aryl methyl sites for hydroxylation is 1. The van der Waals surface area contributed by atoms with Crippen molar-refractivity contribution in [1.82, 2.24) is 10.3 Å². The molecule has 2 amide bonds. The second-order valence-corrected chi connectivity index (χ2v) is 6.72. The van der Waals surface area contributed by atoms with E-state index in [-0.39, 0.29) is 18.7 Å². The number of hydrogen-bond donors (Lipinski definition) is 3. The molecule has 23 heavy (non-hydrogen) atoms. The number of carbonyl (C=O) groups is 1. The fourth-order valence-corrected chi connectivity index (χ4v) is 3.10. The molecule has 124 valence electrons. The molecule has 1 atom stereocenters. The first-order valence-corrected chi connectivity index (χ1v) is 8.57. The number of anilines is 1. The van der Waals surface area contributed by atoms with Gasteiger partial charge in [0.15, 0.2) is 5.13 Å². The van der Waals surface area contributed by atoms with Gasteiger partial charge in [0, 0.05) is 30.1 Å². The Labute approximate surface area is 140 Å². The van der Waals surface area contributed by atoms with Crippen LogP contribution in [0.15, 0.2) is 30.5 Å². The number of aromatic nitrogens is 1. The van der Waals surface area contributed by atoms with Crippen molar-refractivity contribution >= 4 is 22.5 Å². The van der Waals surface area contributed by atoms with E-state index in [4.69, 9.17) is 5.11 Å². The van der Waals surface area contributed by atoms with Crippen molar-refractivity contribution < 1.29 is 9.90 Å². The summed E-state index contributed by atoms with van der Waals surface area (Å²) in [5, 5.41) is 15.0. The lowest BCUT2D eigenvalue weighted by Crippen LogP contribution is -2.36. The van der Waals surface area contributed by atoms with E-state index in [1.54, 1.807) is 0 Å². The number of nitrogens with zero attached hydrogens (tertiary/aromatic N) is 1. The molecule has 1 aromatic carbocycles. The zero-order chi connectivity index (χ0) is 16.7. The number of hydrogen-bond acceptors (Lipinski definition) is 4. The van der Waals surface area contributed by atoms with Gasteiger partial charge in [-0.1, -0.05) is 24.3 Å². The summed E-state index contributed by atoms with van der Waals surface area (Å²) in [5.41, 5.74) is 2.52. The van der Waals surface area contributed by atoms with E-state index in [9.17, 15) is 4.79 Å². The predicted octanol–water partition coefficient (Wildman–Crippen LogP) is 3.32. The van der Waals surface area contributed by atoms with Crippen molar-refractivity contribution in [1.29, 1.82) is 0 Å². The van der Waals surface area contributed by atoms with Gasteiger partial charge in [0.05, 0.1) is 0 Å². The molecule has 3 N–H and O–H groups in total. The summed E-state index contributed by atoms with van der Waals surface area (Å²) in [4.78, 5) is 17.3. The molecule has 0 aliphatic carbocycles. The van der Waals surface area contributed by atoms with Crippen LogP contribution in [0.2, 0.25) is 0 Å². The molecule has 0 aliphatic rings. The molecule has 1 aromatic heterocycles. The third-order valence-electron chi connectivity index (χ3n) is 3.57. The van der Waals surface area contributed by atoms with E-state index < -0.39 is 0 Å². The monoisotopic (exact) mass is 333 g/mol. The Morgan fingerprint density at radius 3 is 2.91 bits per heavy atom. The van der Waals surface area contributed by atoms with E-state index in [0.717, 1.165) is 17.7 Å². The van der Waals surface area contributed by atoms with E-state index in [2.05, 4.69) is 34.7 Å². The number of nitrogens with one attached hydrogen (secondary N) is 2. The first kappa shape index (κ1) is 17.4. The minimum absolute atomic E-state index is 0.0218. The second kappa shape index (κ2) is 8.64. The van der Waals surface area contributed by atoms with Crippen molar-refractivity contribution in [2.24, 2.45) is 0 Å². The van der Waals surface area contributed by atoms with Crippen molar-refractivity contribution in [3.05, 3.63) is 46.5 Å². The van der Waals surface area contributed by atoms with Gasteiger partial charge >= 0.3 is 6.03 Å². The predicted molar refractivity (Wildman–Crippen MR) is 94.0 cm³/mol. The number of benzene rings is 1. The van der Waals surface area contributed by atoms with Crippen LogP contribution >= 0.6 is 11.3 Å². The molecular formula is C17H23N3O2S. The summed E-state index contributed by atoms with van der Waals surface area (Å²) in [6.45, 7) is 4.15. The quantitative estimate of drug-likeness (QED) is 0.727. The van der Waals surface area contributed by atoms with E-state index >= 15 is 0 Å². The molecule has 6 heteroatoms. The number of rotatable bonds is 7. The maximum Gasteiger partial charge on any atom is 0.321 e. The molecule has 0 bridgehead atoms. The molecule has 0 radical (unpaired) electrons. The van der Waals surface area contributed by atoms with Gasteiger partial charge in [-0.25, -0.2) is 9.78 Å². The van der Waals surface area contributed by atoms with Crippen LogP contribution in [-0.2, 0) is 6.42 Å². The summed E-state index contributed by atoms with van der Waals surface area (Å²) >= 11 is 1.49. The fourth-order valence-electron chi connectivity index (χ4n) is 2.27. The highest BCUT2D eigenvalue weighted by atomic mass is 32.1. The van der Waals surface area contributed by atoms with Crippen molar-refractivity contribution in [3.8, 4) is 0 Å². The molecule has 0 aliphatic heterocycles. The minimum Gasteiger partial charge on any atom is -0.396 e. The molecule has 0 unspecified atom stereocenters. The minimum atomic E-state index is -0.257. The Bertz CT molecular complexity index is 642. The lowest BCUT2D eigenvalue weighted by Gasteiger charge is -2.12. The van der Waals surface area contributed by atoms with Crippen LogP contribution in [0.25, 0.3) is 0 Å². The fraction of sp³-hybridized carbons (Fsp3) is 0.412. The van der Waals surface area contributed by atoms with Crippen LogP contribution in [0, 0.1) is 6.92 Å². The number of urea groups is 1. The van der Waals surface area contributed by atoms with E-state index in [1.165, 1.54) is 22.5 Å². The largest absolute Gasteiger partial charge is 0.396 e. The smallest absolute Gasteiger partial charge is 0.321 e. The number of thiazole rings is 1. The topological polar surface area (TPSA) is 74.2 Å². The lowest BCUT2D eigenvalue weighted by molar-refractivity contribution is 0.245. The lowest BCUT2D eigenvalue weighted by atomic mass is 10.1. The first-order chi connectivity index (χ1) is 11.1. The molecule has 1 heterocycles. The Balaban J connectivity index is 1.87. The van der Waals surface area contributed by atoms with Gasteiger partial charge in [0.1, 0.15) is 0 Å². The summed E-state index contributed by atoms with van der Waals surface area (Å²) in [5.74, 6) is 0. The molecule has 0 saturated heterocycles. The molecule has 5 nitrogen and oxygen atoms in total. The summed E-state index contributed by atoms with van der Waals surface area (Å²) in [6.07, 6.45) is 4.06. The van der Waals surface area contributed by atoms with Gasteiger partial charge < -0.3 is 10.4 Å². The molecule has 0 fully saturated rings. The van der Waals surface area contributed by atoms with Crippen LogP contribution in [-0.4, -0.2) is 28.8 Å². The second-order valence-electron chi connectivity index (χ2n) is 5.60. The zero-order valence-electron chi connectivity index (χ0n) is 13.5. The highest BCUT2D eigenvalue weighted by Gasteiger charge is 2.10. The Morgan fingerprint density at radius 1 is 1.39 bits per heavy atom. The van der Waals surface area contributed by atoms with Crippen LogP contribution in [0.1, 0.15) is 35.8 Å². The third-order valence-corrected chi connectivity index (χ3v) is 4.49. The van der Waals surface area contributed by atoms with Crippen LogP contribution in [0.5, 0.6) is 0 Å². The molecule has 2 aromatic rings. The van der Waals surface area contributed by atoms with Crippen molar-refractivity contribution in [2.45, 2.75) is 39.2 Å². The van der Waals surface area contributed by atoms with Crippen molar-refractivity contribution in [3.63, 3.8) is 0 Å². The average molecular weight is 333 g/mol. The van der Waals surface area contributed by atoms with Crippen LogP contribution < -0.4 is 10.6 Å². The molecular weight excluding hydrogens is 310 g/mol. The van der Waals surface area contributed by atoms with Crippen LogP contribution in [0.4, 0.5) is 9.93 Å². The number of carbonyl (C=O) groups excluding carboxylic acids is 1. The van der Waals surface area contributed by atoms with Gasteiger partial charge in [-0.2, -0.15) is 0 Å². The Kier molecular flexibility index (Phi) is 6.55. The first-order valence-electron chi connectivity index (χ1n) is 7.76. The summed E-state index contributed by atoms with van der Waals surface area (Å²) in [6, 6.07) is 8.03. The molecule has 0 saturated carbocycles. The third kappa shape index (κ3) is 5.65. The van der Waals surface area contributed by atoms with Gasteiger partial charge in [0.2, 0.25) is 0 Å². The molecule has 0 spiro atoms.